The first-order valence-corrected chi connectivity index (χ1v) is 11.9. The van der Waals surface area contributed by atoms with Gasteiger partial charge in [-0.3, -0.25) is 19.3 Å². The summed E-state index contributed by atoms with van der Waals surface area (Å²) in [5.74, 6) is -0.621. The zero-order chi connectivity index (χ0) is 23.7. The first kappa shape index (κ1) is 21.6. The molecule has 2 aromatic carbocycles. The minimum atomic E-state index is -0.694. The molecule has 0 aromatic heterocycles. The lowest BCUT2D eigenvalue weighted by Crippen LogP contribution is -2.40. The Labute approximate surface area is 205 Å². The van der Waals surface area contributed by atoms with E-state index in [-0.39, 0.29) is 51.6 Å². The number of allylic oxidation sites excluding steroid dienone is 2. The first-order valence-electron chi connectivity index (χ1n) is 11.2. The number of benzene rings is 2. The van der Waals surface area contributed by atoms with Gasteiger partial charge < -0.3 is 4.74 Å². The van der Waals surface area contributed by atoms with Crippen LogP contribution in [0.25, 0.3) is 0 Å². The maximum atomic E-state index is 13.2. The molecule has 8 heteroatoms. The van der Waals surface area contributed by atoms with Crippen LogP contribution in [0.15, 0.2) is 54.6 Å². The lowest BCUT2D eigenvalue weighted by Gasteiger charge is -2.37. The number of imide groups is 1. The molecule has 5 aliphatic rings. The molecule has 4 aliphatic carbocycles. The molecule has 6 nitrogen and oxygen atoms in total. The quantitative estimate of drug-likeness (QED) is 0.262. The molecule has 0 radical (unpaired) electrons. The fourth-order valence-corrected chi connectivity index (χ4v) is 6.48. The van der Waals surface area contributed by atoms with Gasteiger partial charge in [0.25, 0.3) is 0 Å². The predicted molar refractivity (Wildman–Crippen MR) is 125 cm³/mol. The number of Topliss-reactive ketones (excluding diaryl/α,β-unsaturated/α-hetero) is 1. The molecule has 2 amide bonds. The first-order chi connectivity index (χ1) is 16.3. The molecule has 1 aliphatic heterocycles. The molecule has 7 rings (SSSR count). The van der Waals surface area contributed by atoms with Gasteiger partial charge in [-0.05, 0) is 72.6 Å². The lowest BCUT2D eigenvalue weighted by atomic mass is 9.63. The minimum absolute atomic E-state index is 0.152. The Morgan fingerprint density at radius 3 is 2.12 bits per heavy atom. The van der Waals surface area contributed by atoms with Crippen LogP contribution in [0.5, 0.6) is 0 Å². The maximum absolute atomic E-state index is 13.2. The SMILES string of the molecule is O=C(OCC(=O)c1ccc(Cl)cc1Cl)c1ccc(N2C(=O)C3C4C=CC(C5CC45)C3C2=O)cc1. The number of ether oxygens (including phenoxy) is 1. The second-order valence-electron chi connectivity index (χ2n) is 9.34. The fraction of sp³-hybridized carbons (Fsp3) is 0.308. The van der Waals surface area contributed by atoms with E-state index in [2.05, 4.69) is 12.2 Å². The summed E-state index contributed by atoms with van der Waals surface area (Å²) in [7, 11) is 0. The summed E-state index contributed by atoms with van der Waals surface area (Å²) in [6.45, 7) is -0.480. The van der Waals surface area contributed by atoms with Gasteiger partial charge in [0.2, 0.25) is 17.6 Å². The van der Waals surface area contributed by atoms with Gasteiger partial charge in [0.05, 0.1) is 28.1 Å². The molecule has 1 heterocycles. The van der Waals surface area contributed by atoms with Crippen molar-refractivity contribution in [2.24, 2.45) is 35.5 Å². The third-order valence-electron chi connectivity index (χ3n) is 7.59. The van der Waals surface area contributed by atoms with Crippen LogP contribution in [-0.4, -0.2) is 30.2 Å². The molecule has 6 atom stereocenters. The number of amides is 2. The molecule has 34 heavy (non-hydrogen) atoms. The zero-order valence-corrected chi connectivity index (χ0v) is 19.3. The van der Waals surface area contributed by atoms with Crippen molar-refractivity contribution in [1.82, 2.24) is 0 Å². The maximum Gasteiger partial charge on any atom is 0.338 e. The van der Waals surface area contributed by atoms with Crippen LogP contribution >= 0.6 is 23.2 Å². The summed E-state index contributed by atoms with van der Waals surface area (Å²) in [5.41, 5.74) is 0.860. The highest BCUT2D eigenvalue weighted by molar-refractivity contribution is 6.36. The molecule has 1 saturated heterocycles. The summed E-state index contributed by atoms with van der Waals surface area (Å²) in [5, 5.41) is 0.577. The third kappa shape index (κ3) is 3.23. The molecule has 172 valence electrons. The van der Waals surface area contributed by atoms with Crippen molar-refractivity contribution >= 4 is 52.5 Å². The topological polar surface area (TPSA) is 80.8 Å². The molecular formula is C26H19Cl2NO5. The van der Waals surface area contributed by atoms with Crippen LogP contribution in [0.3, 0.4) is 0 Å². The Kier molecular flexibility index (Phi) is 4.94. The van der Waals surface area contributed by atoms with Crippen molar-refractivity contribution in [3.8, 4) is 0 Å². The Morgan fingerprint density at radius 2 is 1.53 bits per heavy atom. The number of hydrogen-bond acceptors (Lipinski definition) is 5. The van der Waals surface area contributed by atoms with Gasteiger partial charge in [-0.1, -0.05) is 35.4 Å². The molecular weight excluding hydrogens is 477 g/mol. The second kappa shape index (κ2) is 7.79. The Balaban J connectivity index is 1.14. The van der Waals surface area contributed by atoms with Crippen LogP contribution in [0.2, 0.25) is 10.0 Å². The van der Waals surface area contributed by atoms with E-state index in [0.29, 0.717) is 22.5 Å². The smallest absolute Gasteiger partial charge is 0.338 e. The second-order valence-corrected chi connectivity index (χ2v) is 10.2. The molecule has 2 bridgehead atoms. The number of halogens is 2. The lowest BCUT2D eigenvalue weighted by molar-refractivity contribution is -0.124. The van der Waals surface area contributed by atoms with Crippen LogP contribution in [0.1, 0.15) is 27.1 Å². The largest absolute Gasteiger partial charge is 0.454 e. The normalized spacial score (nSPS) is 30.2. The van der Waals surface area contributed by atoms with Gasteiger partial charge in [-0.15, -0.1) is 0 Å². The van der Waals surface area contributed by atoms with E-state index in [1.165, 1.54) is 35.2 Å². The van der Waals surface area contributed by atoms with Crippen molar-refractivity contribution < 1.29 is 23.9 Å². The van der Waals surface area contributed by atoms with E-state index in [0.717, 1.165) is 6.42 Å². The Bertz CT molecular complexity index is 1250. The predicted octanol–water partition coefficient (Wildman–Crippen LogP) is 4.59. The highest BCUT2D eigenvalue weighted by atomic mass is 35.5. The Hall–Kier alpha value is -2.96. The van der Waals surface area contributed by atoms with Crippen LogP contribution in [-0.2, 0) is 14.3 Å². The average Bonchev–Trinajstić information content (AvgIpc) is 3.61. The minimum Gasteiger partial charge on any atom is -0.454 e. The van der Waals surface area contributed by atoms with Gasteiger partial charge in [0, 0.05) is 10.6 Å². The van der Waals surface area contributed by atoms with E-state index in [1.807, 2.05) is 0 Å². The van der Waals surface area contributed by atoms with E-state index >= 15 is 0 Å². The van der Waals surface area contributed by atoms with Crippen molar-refractivity contribution in [2.45, 2.75) is 6.42 Å². The molecule has 2 aromatic rings. The van der Waals surface area contributed by atoms with Crippen LogP contribution < -0.4 is 4.90 Å². The van der Waals surface area contributed by atoms with Gasteiger partial charge in [-0.25, -0.2) is 4.79 Å². The number of ketones is 1. The van der Waals surface area contributed by atoms with Crippen molar-refractivity contribution in [2.75, 3.05) is 11.5 Å². The van der Waals surface area contributed by atoms with Gasteiger partial charge >= 0.3 is 5.97 Å². The van der Waals surface area contributed by atoms with E-state index in [1.54, 1.807) is 12.1 Å². The van der Waals surface area contributed by atoms with Crippen molar-refractivity contribution in [3.05, 3.63) is 75.8 Å². The molecule has 0 spiro atoms. The number of hydrogen-bond donors (Lipinski definition) is 0. The Morgan fingerprint density at radius 1 is 0.912 bits per heavy atom. The van der Waals surface area contributed by atoms with E-state index in [9.17, 15) is 19.2 Å². The number of carbonyl (C=O) groups is 4. The average molecular weight is 496 g/mol. The molecule has 3 fully saturated rings. The fourth-order valence-electron chi connectivity index (χ4n) is 5.97. The zero-order valence-electron chi connectivity index (χ0n) is 17.8. The molecule has 6 unspecified atom stereocenters. The monoisotopic (exact) mass is 495 g/mol. The van der Waals surface area contributed by atoms with Crippen LogP contribution in [0, 0.1) is 35.5 Å². The van der Waals surface area contributed by atoms with Crippen molar-refractivity contribution in [1.29, 1.82) is 0 Å². The number of rotatable bonds is 5. The summed E-state index contributed by atoms with van der Waals surface area (Å²) in [6, 6.07) is 10.6. The number of carbonyl (C=O) groups excluding carboxylic acids is 4. The number of esters is 1. The summed E-state index contributed by atoms with van der Waals surface area (Å²) < 4.78 is 5.13. The number of anilines is 1. The summed E-state index contributed by atoms with van der Waals surface area (Å²) in [6.07, 6.45) is 5.37. The summed E-state index contributed by atoms with van der Waals surface area (Å²) >= 11 is 11.9. The third-order valence-corrected chi connectivity index (χ3v) is 8.14. The van der Waals surface area contributed by atoms with Crippen molar-refractivity contribution in [3.63, 3.8) is 0 Å². The van der Waals surface area contributed by atoms with Crippen LogP contribution in [0.4, 0.5) is 5.69 Å². The molecule has 2 saturated carbocycles. The van der Waals surface area contributed by atoms with E-state index < -0.39 is 18.4 Å². The van der Waals surface area contributed by atoms with Gasteiger partial charge in [0.1, 0.15) is 0 Å². The standard InChI is InChI=1S/C26H19Cl2NO5/c27-13-3-6-17(20(28)9-13)21(30)11-34-26(33)12-1-4-14(5-2-12)29-24(31)22-15-7-8-16(19-10-18(15)19)23(22)25(29)32/h1-9,15-16,18-19,22-23H,10-11H2. The summed E-state index contributed by atoms with van der Waals surface area (Å²) in [4.78, 5) is 52.5. The van der Waals surface area contributed by atoms with Gasteiger partial charge in [0.15, 0.2) is 6.61 Å². The number of nitrogens with zero attached hydrogens (tertiary/aromatic N) is 1. The highest BCUT2D eigenvalue weighted by Gasteiger charge is 2.67. The molecule has 0 N–H and O–H groups in total. The van der Waals surface area contributed by atoms with Gasteiger partial charge in [-0.2, -0.15) is 0 Å². The highest BCUT2D eigenvalue weighted by Crippen LogP contribution is 2.65. The van der Waals surface area contributed by atoms with E-state index in [4.69, 9.17) is 27.9 Å².